The van der Waals surface area contributed by atoms with Crippen LogP contribution in [0.1, 0.15) is 33.6 Å². The second kappa shape index (κ2) is 9.33. The zero-order chi connectivity index (χ0) is 19.9. The number of para-hydroxylation sites is 2. The molecule has 5 heteroatoms. The van der Waals surface area contributed by atoms with Crippen LogP contribution in [0.4, 0.5) is 11.4 Å². The van der Waals surface area contributed by atoms with E-state index in [0.717, 1.165) is 6.42 Å². The van der Waals surface area contributed by atoms with E-state index in [1.165, 1.54) is 0 Å². The van der Waals surface area contributed by atoms with E-state index in [4.69, 9.17) is 0 Å². The number of hydrogen-bond donors (Lipinski definition) is 2. The van der Waals surface area contributed by atoms with Crippen molar-refractivity contribution in [2.45, 2.75) is 39.7 Å². The number of carbonyl (C=O) groups is 2. The molecule has 0 bridgehead atoms. The number of nitrogens with zero attached hydrogens (tertiary/aromatic N) is 1. The smallest absolute Gasteiger partial charge is 0.305 e. The Balaban J connectivity index is 2.30. The second-order valence-electron chi connectivity index (χ2n) is 7.76. The van der Waals surface area contributed by atoms with Crippen LogP contribution in [0.25, 0.3) is 0 Å². The molecule has 0 spiro atoms. The average molecular weight is 368 g/mol. The molecule has 2 aromatic carbocycles. The number of benzene rings is 2. The third-order valence-electron chi connectivity index (χ3n) is 4.19. The topological polar surface area (TPSA) is 69.6 Å². The van der Waals surface area contributed by atoms with Gasteiger partial charge in [0.25, 0.3) is 0 Å². The third-order valence-corrected chi connectivity index (χ3v) is 4.19. The largest absolute Gasteiger partial charge is 0.481 e. The summed E-state index contributed by atoms with van der Waals surface area (Å²) >= 11 is 0. The lowest BCUT2D eigenvalue weighted by molar-refractivity contribution is -0.139. The fourth-order valence-electron chi connectivity index (χ4n) is 2.76. The van der Waals surface area contributed by atoms with Crippen molar-refractivity contribution in [3.05, 3.63) is 60.7 Å². The molecule has 0 radical (unpaired) electrons. The normalized spacial score (nSPS) is 12.4. The van der Waals surface area contributed by atoms with Crippen LogP contribution in [0.2, 0.25) is 0 Å². The van der Waals surface area contributed by atoms with E-state index in [1.807, 2.05) is 60.7 Å². The van der Waals surface area contributed by atoms with Crippen molar-refractivity contribution in [1.82, 2.24) is 5.32 Å². The molecule has 0 saturated heterocycles. The van der Waals surface area contributed by atoms with Crippen LogP contribution in [0.3, 0.4) is 0 Å². The Labute approximate surface area is 161 Å². The maximum Gasteiger partial charge on any atom is 0.305 e. The van der Waals surface area contributed by atoms with Gasteiger partial charge in [0.2, 0.25) is 5.91 Å². The third kappa shape index (κ3) is 6.53. The van der Waals surface area contributed by atoms with Gasteiger partial charge in [-0.25, -0.2) is 0 Å². The Morgan fingerprint density at radius 2 is 1.44 bits per heavy atom. The summed E-state index contributed by atoms with van der Waals surface area (Å²) in [5, 5.41) is 12.5. The summed E-state index contributed by atoms with van der Waals surface area (Å²) in [5.74, 6) is -1.28. The molecular weight excluding hydrogens is 340 g/mol. The van der Waals surface area contributed by atoms with Crippen molar-refractivity contribution in [3.8, 4) is 0 Å². The van der Waals surface area contributed by atoms with E-state index in [1.54, 1.807) is 4.90 Å². The average Bonchev–Trinajstić information content (AvgIpc) is 2.61. The van der Waals surface area contributed by atoms with E-state index < -0.39 is 12.0 Å². The molecule has 2 aromatic rings. The molecule has 0 aliphatic rings. The van der Waals surface area contributed by atoms with Gasteiger partial charge in [-0.05, 0) is 42.6 Å². The SMILES string of the molecule is CC(C)(C)CCN[C@@H](CC(=O)O)C(=O)N(c1ccccc1)c1ccccc1. The monoisotopic (exact) mass is 368 g/mol. The minimum Gasteiger partial charge on any atom is -0.481 e. The molecule has 5 nitrogen and oxygen atoms in total. The van der Waals surface area contributed by atoms with Gasteiger partial charge in [0.15, 0.2) is 0 Å². The van der Waals surface area contributed by atoms with Gasteiger partial charge in [0, 0.05) is 11.4 Å². The highest BCUT2D eigenvalue weighted by Gasteiger charge is 2.28. The van der Waals surface area contributed by atoms with Crippen molar-refractivity contribution < 1.29 is 14.7 Å². The van der Waals surface area contributed by atoms with Crippen LogP contribution >= 0.6 is 0 Å². The first-order valence-electron chi connectivity index (χ1n) is 9.17. The lowest BCUT2D eigenvalue weighted by Gasteiger charge is -2.28. The highest BCUT2D eigenvalue weighted by atomic mass is 16.4. The lowest BCUT2D eigenvalue weighted by Crippen LogP contribution is -2.46. The molecule has 0 aliphatic heterocycles. The molecule has 1 amide bonds. The summed E-state index contributed by atoms with van der Waals surface area (Å²) in [6.45, 7) is 6.92. The van der Waals surface area contributed by atoms with Crippen LogP contribution in [-0.4, -0.2) is 29.6 Å². The predicted octanol–water partition coefficient (Wildman–Crippen LogP) is 4.22. The number of hydrogen-bond acceptors (Lipinski definition) is 3. The molecule has 0 aromatic heterocycles. The Morgan fingerprint density at radius 3 is 1.85 bits per heavy atom. The molecule has 0 heterocycles. The fraction of sp³-hybridized carbons (Fsp3) is 0.364. The van der Waals surface area contributed by atoms with Gasteiger partial charge < -0.3 is 10.4 Å². The van der Waals surface area contributed by atoms with E-state index >= 15 is 0 Å². The molecule has 0 saturated carbocycles. The van der Waals surface area contributed by atoms with Gasteiger partial charge in [-0.2, -0.15) is 0 Å². The number of carbonyl (C=O) groups excluding carboxylic acids is 1. The summed E-state index contributed by atoms with van der Waals surface area (Å²) in [7, 11) is 0. The van der Waals surface area contributed by atoms with E-state index in [2.05, 4.69) is 26.1 Å². The number of rotatable bonds is 8. The van der Waals surface area contributed by atoms with Gasteiger partial charge in [-0.3, -0.25) is 14.5 Å². The first-order chi connectivity index (χ1) is 12.8. The van der Waals surface area contributed by atoms with Crippen LogP contribution in [0.5, 0.6) is 0 Å². The summed E-state index contributed by atoms with van der Waals surface area (Å²) in [4.78, 5) is 26.3. The Kier molecular flexibility index (Phi) is 7.13. The molecule has 27 heavy (non-hydrogen) atoms. The predicted molar refractivity (Wildman–Crippen MR) is 108 cm³/mol. The molecule has 1 atom stereocenters. The van der Waals surface area contributed by atoms with Crippen molar-refractivity contribution in [3.63, 3.8) is 0 Å². The second-order valence-corrected chi connectivity index (χ2v) is 7.76. The molecule has 0 fully saturated rings. The van der Waals surface area contributed by atoms with E-state index in [-0.39, 0.29) is 17.7 Å². The number of carboxylic acids is 1. The minimum absolute atomic E-state index is 0.0996. The molecule has 2 N–H and O–H groups in total. The van der Waals surface area contributed by atoms with Gasteiger partial charge in [-0.1, -0.05) is 57.2 Å². The molecule has 2 rings (SSSR count). The molecule has 144 valence electrons. The van der Waals surface area contributed by atoms with Gasteiger partial charge >= 0.3 is 5.97 Å². The minimum atomic E-state index is -1.00. The highest BCUT2D eigenvalue weighted by molar-refractivity contribution is 6.04. The number of anilines is 2. The quantitative estimate of drug-likeness (QED) is 0.732. The lowest BCUT2D eigenvalue weighted by atomic mass is 9.92. The van der Waals surface area contributed by atoms with Crippen molar-refractivity contribution in [2.24, 2.45) is 5.41 Å². The first-order valence-corrected chi connectivity index (χ1v) is 9.17. The first kappa shape index (κ1) is 20.6. The Hall–Kier alpha value is -2.66. The van der Waals surface area contributed by atoms with Crippen LogP contribution < -0.4 is 10.2 Å². The van der Waals surface area contributed by atoms with Crippen LogP contribution in [0, 0.1) is 5.41 Å². The zero-order valence-electron chi connectivity index (χ0n) is 16.2. The van der Waals surface area contributed by atoms with E-state index in [9.17, 15) is 14.7 Å². The van der Waals surface area contributed by atoms with Gasteiger partial charge in [0.1, 0.15) is 0 Å². The number of nitrogens with one attached hydrogen (secondary N) is 1. The number of aliphatic carboxylic acids is 1. The zero-order valence-corrected chi connectivity index (χ0v) is 16.2. The summed E-state index contributed by atoms with van der Waals surface area (Å²) in [5.41, 5.74) is 1.52. The highest BCUT2D eigenvalue weighted by Crippen LogP contribution is 2.26. The fourth-order valence-corrected chi connectivity index (χ4v) is 2.76. The Morgan fingerprint density at radius 1 is 0.963 bits per heavy atom. The summed E-state index contributed by atoms with van der Waals surface area (Å²) < 4.78 is 0. The number of amides is 1. The van der Waals surface area contributed by atoms with Crippen molar-refractivity contribution >= 4 is 23.3 Å². The van der Waals surface area contributed by atoms with Crippen LogP contribution in [0.15, 0.2) is 60.7 Å². The Bertz CT molecular complexity index is 700. The van der Waals surface area contributed by atoms with Crippen LogP contribution in [-0.2, 0) is 9.59 Å². The maximum atomic E-state index is 13.3. The van der Waals surface area contributed by atoms with Gasteiger partial charge in [0.05, 0.1) is 12.5 Å². The summed E-state index contributed by atoms with van der Waals surface area (Å²) in [6.07, 6.45) is 0.576. The molecule has 0 aliphatic carbocycles. The molecular formula is C22H28N2O3. The summed E-state index contributed by atoms with van der Waals surface area (Å²) in [6, 6.07) is 17.8. The van der Waals surface area contributed by atoms with E-state index in [0.29, 0.717) is 17.9 Å². The number of carboxylic acid groups (broad SMARTS) is 1. The van der Waals surface area contributed by atoms with Crippen molar-refractivity contribution in [2.75, 3.05) is 11.4 Å². The van der Waals surface area contributed by atoms with Gasteiger partial charge in [-0.15, -0.1) is 0 Å². The van der Waals surface area contributed by atoms with Crippen molar-refractivity contribution in [1.29, 1.82) is 0 Å². The molecule has 0 unspecified atom stereocenters. The standard InChI is InChI=1S/C22H28N2O3/c1-22(2,3)14-15-23-19(16-20(25)26)21(27)24(17-10-6-4-7-11-17)18-12-8-5-9-13-18/h4-13,19,23H,14-16H2,1-3H3,(H,25,26)/t19-/m0/s1. The maximum absolute atomic E-state index is 13.3.